The van der Waals surface area contributed by atoms with Crippen LogP contribution in [0, 0.1) is 0 Å². The fourth-order valence-corrected chi connectivity index (χ4v) is 0.969. The molecule has 0 fully saturated rings. The van der Waals surface area contributed by atoms with Crippen LogP contribution in [-0.4, -0.2) is 17.1 Å². The van der Waals surface area contributed by atoms with Crippen LogP contribution in [0.3, 0.4) is 0 Å². The number of nitrogens with zero attached hydrogens (tertiary/aromatic N) is 2. The molecule has 0 aliphatic carbocycles. The molecule has 0 spiro atoms. The quantitative estimate of drug-likeness (QED) is 0.718. The van der Waals surface area contributed by atoms with Crippen molar-refractivity contribution in [3.8, 4) is 5.75 Å². The topological polar surface area (TPSA) is 61.0 Å². The van der Waals surface area contributed by atoms with Crippen LogP contribution >= 0.6 is 0 Å². The maximum absolute atomic E-state index is 5.44. The van der Waals surface area contributed by atoms with Gasteiger partial charge in [0.15, 0.2) is 5.75 Å². The minimum absolute atomic E-state index is 0.291. The summed E-state index contributed by atoms with van der Waals surface area (Å²) in [5.41, 5.74) is 6.29. The van der Waals surface area contributed by atoms with Crippen LogP contribution in [0.5, 0.6) is 5.75 Å². The van der Waals surface area contributed by atoms with E-state index in [1.165, 1.54) is 0 Å². The molecule has 0 radical (unpaired) electrons. The molecule has 0 amide bonds. The molecule has 0 saturated heterocycles. The first-order valence-electron chi connectivity index (χ1n) is 3.81. The van der Waals surface area contributed by atoms with E-state index in [0.717, 1.165) is 5.69 Å². The molecule has 0 bridgehead atoms. The van der Waals surface area contributed by atoms with E-state index in [1.807, 2.05) is 13.8 Å². The molecule has 0 aliphatic heterocycles. The molecule has 1 rings (SSSR count). The SMILES string of the molecule is COc1cnc(N)nc1C(C)C. The van der Waals surface area contributed by atoms with Gasteiger partial charge in [0, 0.05) is 0 Å². The minimum Gasteiger partial charge on any atom is -0.493 e. The van der Waals surface area contributed by atoms with Crippen LogP contribution in [0.1, 0.15) is 25.5 Å². The molecule has 0 aliphatic rings. The van der Waals surface area contributed by atoms with Gasteiger partial charge in [-0.05, 0) is 5.92 Å². The second-order valence-electron chi connectivity index (χ2n) is 2.84. The molecular formula is C8H13N3O. The highest BCUT2D eigenvalue weighted by molar-refractivity contribution is 5.32. The summed E-state index contributed by atoms with van der Waals surface area (Å²) in [5, 5.41) is 0. The number of rotatable bonds is 2. The van der Waals surface area contributed by atoms with Crippen LogP contribution in [0.4, 0.5) is 5.95 Å². The van der Waals surface area contributed by atoms with Crippen molar-refractivity contribution in [3.63, 3.8) is 0 Å². The molecule has 0 saturated carbocycles. The molecule has 66 valence electrons. The largest absolute Gasteiger partial charge is 0.493 e. The standard InChI is InChI=1S/C8H13N3O/c1-5(2)7-6(12-3)4-10-8(9)11-7/h4-5H,1-3H3,(H2,9,10,11). The molecule has 0 atom stereocenters. The summed E-state index contributed by atoms with van der Waals surface area (Å²) in [7, 11) is 1.60. The Morgan fingerprint density at radius 1 is 1.50 bits per heavy atom. The Kier molecular flexibility index (Phi) is 2.47. The van der Waals surface area contributed by atoms with Gasteiger partial charge in [-0.3, -0.25) is 0 Å². The third kappa shape index (κ3) is 1.64. The predicted octanol–water partition coefficient (Wildman–Crippen LogP) is 1.19. The molecule has 2 N–H and O–H groups in total. The predicted molar refractivity (Wildman–Crippen MR) is 47.1 cm³/mol. The fraction of sp³-hybridized carbons (Fsp3) is 0.500. The van der Waals surface area contributed by atoms with Gasteiger partial charge < -0.3 is 10.5 Å². The summed E-state index contributed by atoms with van der Waals surface area (Å²) in [6.45, 7) is 4.06. The van der Waals surface area contributed by atoms with Crippen molar-refractivity contribution in [2.24, 2.45) is 0 Å². The lowest BCUT2D eigenvalue weighted by atomic mass is 10.1. The zero-order valence-corrected chi connectivity index (χ0v) is 7.53. The van der Waals surface area contributed by atoms with Crippen molar-refractivity contribution < 1.29 is 4.74 Å². The highest BCUT2D eigenvalue weighted by Gasteiger charge is 2.09. The average Bonchev–Trinajstić information content (AvgIpc) is 2.04. The number of nitrogen functional groups attached to an aromatic ring is 1. The summed E-state index contributed by atoms with van der Waals surface area (Å²) in [5.74, 6) is 1.28. The van der Waals surface area contributed by atoms with E-state index in [0.29, 0.717) is 17.6 Å². The van der Waals surface area contributed by atoms with E-state index in [4.69, 9.17) is 10.5 Å². The van der Waals surface area contributed by atoms with E-state index < -0.39 is 0 Å². The maximum atomic E-state index is 5.44. The fourth-order valence-electron chi connectivity index (χ4n) is 0.969. The molecule has 12 heavy (non-hydrogen) atoms. The Bertz CT molecular complexity index is 273. The molecule has 1 heterocycles. The highest BCUT2D eigenvalue weighted by atomic mass is 16.5. The Hall–Kier alpha value is -1.32. The van der Waals surface area contributed by atoms with Crippen molar-refractivity contribution >= 4 is 5.95 Å². The normalized spacial score (nSPS) is 10.3. The second-order valence-corrected chi connectivity index (χ2v) is 2.84. The van der Waals surface area contributed by atoms with Gasteiger partial charge in [-0.1, -0.05) is 13.8 Å². The lowest BCUT2D eigenvalue weighted by Crippen LogP contribution is -2.03. The third-order valence-electron chi connectivity index (χ3n) is 1.57. The van der Waals surface area contributed by atoms with Gasteiger partial charge in [-0.2, -0.15) is 0 Å². The van der Waals surface area contributed by atoms with Gasteiger partial charge in [0.05, 0.1) is 19.0 Å². The van der Waals surface area contributed by atoms with Crippen molar-refractivity contribution in [1.82, 2.24) is 9.97 Å². The summed E-state index contributed by atoms with van der Waals surface area (Å²) in [6.07, 6.45) is 1.59. The molecule has 0 aromatic carbocycles. The van der Waals surface area contributed by atoms with E-state index in [1.54, 1.807) is 13.3 Å². The summed E-state index contributed by atoms with van der Waals surface area (Å²) in [6, 6.07) is 0. The average molecular weight is 167 g/mol. The molecule has 1 aromatic rings. The Morgan fingerprint density at radius 2 is 2.17 bits per heavy atom. The van der Waals surface area contributed by atoms with Crippen LogP contribution in [0.25, 0.3) is 0 Å². The van der Waals surface area contributed by atoms with Crippen LogP contribution in [0.15, 0.2) is 6.20 Å². The van der Waals surface area contributed by atoms with Crippen molar-refractivity contribution in [3.05, 3.63) is 11.9 Å². The van der Waals surface area contributed by atoms with E-state index >= 15 is 0 Å². The Morgan fingerprint density at radius 3 is 2.67 bits per heavy atom. The van der Waals surface area contributed by atoms with Gasteiger partial charge in [0.2, 0.25) is 5.95 Å². The molecule has 4 nitrogen and oxygen atoms in total. The van der Waals surface area contributed by atoms with Crippen molar-refractivity contribution in [2.75, 3.05) is 12.8 Å². The molecule has 4 heteroatoms. The summed E-state index contributed by atoms with van der Waals surface area (Å²) in [4.78, 5) is 7.92. The van der Waals surface area contributed by atoms with Gasteiger partial charge in [0.25, 0.3) is 0 Å². The minimum atomic E-state index is 0.291. The number of hydrogen-bond acceptors (Lipinski definition) is 4. The van der Waals surface area contributed by atoms with Gasteiger partial charge in [-0.25, -0.2) is 9.97 Å². The first-order valence-corrected chi connectivity index (χ1v) is 3.81. The number of anilines is 1. The van der Waals surface area contributed by atoms with Gasteiger partial charge >= 0.3 is 0 Å². The lowest BCUT2D eigenvalue weighted by Gasteiger charge is -2.09. The first-order chi connectivity index (χ1) is 5.65. The van der Waals surface area contributed by atoms with E-state index in [-0.39, 0.29) is 0 Å². The third-order valence-corrected chi connectivity index (χ3v) is 1.57. The second kappa shape index (κ2) is 3.38. The number of hydrogen-bond donors (Lipinski definition) is 1. The van der Waals surface area contributed by atoms with Crippen LogP contribution < -0.4 is 10.5 Å². The first kappa shape index (κ1) is 8.77. The van der Waals surface area contributed by atoms with Crippen molar-refractivity contribution in [1.29, 1.82) is 0 Å². The van der Waals surface area contributed by atoms with Crippen LogP contribution in [-0.2, 0) is 0 Å². The number of nitrogens with two attached hydrogens (primary N) is 1. The molecule has 0 unspecified atom stereocenters. The van der Waals surface area contributed by atoms with Crippen molar-refractivity contribution in [2.45, 2.75) is 19.8 Å². The number of methoxy groups -OCH3 is 1. The zero-order valence-electron chi connectivity index (χ0n) is 7.53. The smallest absolute Gasteiger partial charge is 0.220 e. The maximum Gasteiger partial charge on any atom is 0.220 e. The van der Waals surface area contributed by atoms with Crippen LogP contribution in [0.2, 0.25) is 0 Å². The van der Waals surface area contributed by atoms with Gasteiger partial charge in [0.1, 0.15) is 0 Å². The number of aromatic nitrogens is 2. The Balaban J connectivity index is 3.12. The van der Waals surface area contributed by atoms with E-state index in [2.05, 4.69) is 9.97 Å². The Labute approximate surface area is 71.8 Å². The van der Waals surface area contributed by atoms with Gasteiger partial charge in [-0.15, -0.1) is 0 Å². The molecule has 1 aromatic heterocycles. The monoisotopic (exact) mass is 167 g/mol. The molecular weight excluding hydrogens is 154 g/mol. The summed E-state index contributed by atoms with van der Waals surface area (Å²) >= 11 is 0. The highest BCUT2D eigenvalue weighted by Crippen LogP contribution is 2.23. The lowest BCUT2D eigenvalue weighted by molar-refractivity contribution is 0.402. The van der Waals surface area contributed by atoms with E-state index in [9.17, 15) is 0 Å². The zero-order chi connectivity index (χ0) is 9.14. The number of ether oxygens (including phenoxy) is 1. The summed E-state index contributed by atoms with van der Waals surface area (Å²) < 4.78 is 5.08.